The van der Waals surface area contributed by atoms with Crippen molar-refractivity contribution < 1.29 is 9.53 Å². The van der Waals surface area contributed by atoms with Crippen LogP contribution in [0.3, 0.4) is 0 Å². The molecule has 0 spiro atoms. The fourth-order valence-corrected chi connectivity index (χ4v) is 3.34. The zero-order valence-corrected chi connectivity index (χ0v) is 14.6. The molecule has 1 aliphatic heterocycles. The van der Waals surface area contributed by atoms with Gasteiger partial charge in [0.25, 0.3) is 5.91 Å². The van der Waals surface area contributed by atoms with E-state index in [1.165, 1.54) is 11.1 Å². The van der Waals surface area contributed by atoms with Crippen LogP contribution >= 0.6 is 0 Å². The van der Waals surface area contributed by atoms with Crippen molar-refractivity contribution in [3.05, 3.63) is 101 Å². The van der Waals surface area contributed by atoms with Crippen LogP contribution in [0, 0.1) is 0 Å². The summed E-state index contributed by atoms with van der Waals surface area (Å²) in [6, 6.07) is 25.8. The van der Waals surface area contributed by atoms with Gasteiger partial charge in [0.1, 0.15) is 12.4 Å². The molecule has 0 fully saturated rings. The second kappa shape index (κ2) is 7.44. The van der Waals surface area contributed by atoms with Crippen LogP contribution in [0.15, 0.2) is 78.9 Å². The summed E-state index contributed by atoms with van der Waals surface area (Å²) in [5, 5.41) is 0. The van der Waals surface area contributed by atoms with E-state index in [2.05, 4.69) is 18.2 Å². The highest BCUT2D eigenvalue weighted by Gasteiger charge is 2.23. The number of hydrogen-bond donors (Lipinski definition) is 0. The van der Waals surface area contributed by atoms with Gasteiger partial charge in [-0.2, -0.15) is 0 Å². The highest BCUT2D eigenvalue weighted by atomic mass is 16.5. The smallest absolute Gasteiger partial charge is 0.257 e. The molecule has 3 aromatic rings. The fourth-order valence-electron chi connectivity index (χ4n) is 3.34. The van der Waals surface area contributed by atoms with Crippen LogP contribution in [-0.2, 0) is 19.6 Å². The van der Waals surface area contributed by atoms with Gasteiger partial charge in [0.15, 0.2) is 0 Å². The van der Waals surface area contributed by atoms with Gasteiger partial charge >= 0.3 is 0 Å². The predicted octanol–water partition coefficient (Wildman–Crippen LogP) is 4.46. The molecule has 1 aliphatic rings. The van der Waals surface area contributed by atoms with Gasteiger partial charge < -0.3 is 9.64 Å². The Morgan fingerprint density at radius 3 is 2.38 bits per heavy atom. The molecule has 0 aliphatic carbocycles. The Morgan fingerprint density at radius 1 is 0.846 bits per heavy atom. The van der Waals surface area contributed by atoms with Crippen LogP contribution in [-0.4, -0.2) is 17.4 Å². The third kappa shape index (κ3) is 3.47. The van der Waals surface area contributed by atoms with Gasteiger partial charge in [0.05, 0.1) is 5.56 Å². The highest BCUT2D eigenvalue weighted by Crippen LogP contribution is 2.25. The Kier molecular flexibility index (Phi) is 4.69. The summed E-state index contributed by atoms with van der Waals surface area (Å²) in [4.78, 5) is 15.0. The lowest BCUT2D eigenvalue weighted by Gasteiger charge is -2.29. The largest absolute Gasteiger partial charge is 0.488 e. The monoisotopic (exact) mass is 343 g/mol. The summed E-state index contributed by atoms with van der Waals surface area (Å²) in [5.41, 5.74) is 4.28. The maximum Gasteiger partial charge on any atom is 0.257 e. The van der Waals surface area contributed by atoms with Crippen LogP contribution < -0.4 is 4.74 Å². The molecule has 0 atom stereocenters. The molecule has 0 radical (unpaired) electrons. The van der Waals surface area contributed by atoms with Crippen molar-refractivity contribution in [2.45, 2.75) is 19.6 Å². The molecule has 0 bridgehead atoms. The van der Waals surface area contributed by atoms with Crippen molar-refractivity contribution >= 4 is 5.91 Å². The molecule has 26 heavy (non-hydrogen) atoms. The van der Waals surface area contributed by atoms with Gasteiger partial charge in [-0.25, -0.2) is 0 Å². The average molecular weight is 343 g/mol. The minimum atomic E-state index is 0.0307. The zero-order chi connectivity index (χ0) is 17.8. The molecular formula is C23H21NO2. The Bertz CT molecular complexity index is 905. The van der Waals surface area contributed by atoms with Crippen LogP contribution in [0.5, 0.6) is 5.75 Å². The Balaban J connectivity index is 1.52. The van der Waals surface area contributed by atoms with Gasteiger partial charge in [-0.15, -0.1) is 0 Å². The number of fused-ring (bicyclic) bond motifs is 1. The number of hydrogen-bond acceptors (Lipinski definition) is 2. The molecule has 0 unspecified atom stereocenters. The standard InChI is InChI=1S/C23H21NO2/c25-23(24-15-14-19-10-4-5-11-20(19)16-24)21-12-6-7-13-22(21)26-17-18-8-2-1-3-9-18/h1-13H,14-17H2. The molecule has 130 valence electrons. The second-order valence-corrected chi connectivity index (χ2v) is 6.52. The zero-order valence-electron chi connectivity index (χ0n) is 14.6. The van der Waals surface area contributed by atoms with Gasteiger partial charge in [-0.3, -0.25) is 4.79 Å². The fraction of sp³-hybridized carbons (Fsp3) is 0.174. The summed E-state index contributed by atoms with van der Waals surface area (Å²) < 4.78 is 5.96. The van der Waals surface area contributed by atoms with Crippen LogP contribution in [0.1, 0.15) is 27.0 Å². The maximum absolute atomic E-state index is 13.1. The normalized spacial score (nSPS) is 13.2. The number of benzene rings is 3. The van der Waals surface area contributed by atoms with E-state index in [0.29, 0.717) is 24.5 Å². The molecule has 3 nitrogen and oxygen atoms in total. The molecule has 0 N–H and O–H groups in total. The number of amides is 1. The molecule has 1 amide bonds. The first-order valence-electron chi connectivity index (χ1n) is 8.93. The van der Waals surface area contributed by atoms with Gasteiger partial charge in [0.2, 0.25) is 0 Å². The van der Waals surface area contributed by atoms with E-state index in [9.17, 15) is 4.79 Å². The summed E-state index contributed by atoms with van der Waals surface area (Å²) in [6.07, 6.45) is 0.898. The second-order valence-electron chi connectivity index (χ2n) is 6.52. The van der Waals surface area contributed by atoms with Crippen molar-refractivity contribution in [3.8, 4) is 5.75 Å². The van der Waals surface area contributed by atoms with Crippen molar-refractivity contribution in [1.82, 2.24) is 4.90 Å². The topological polar surface area (TPSA) is 29.5 Å². The summed E-state index contributed by atoms with van der Waals surface area (Å²) in [5.74, 6) is 0.670. The van der Waals surface area contributed by atoms with E-state index < -0.39 is 0 Å². The van der Waals surface area contributed by atoms with Gasteiger partial charge in [-0.1, -0.05) is 66.7 Å². The Hall–Kier alpha value is -3.07. The predicted molar refractivity (Wildman–Crippen MR) is 102 cm³/mol. The average Bonchev–Trinajstić information content (AvgIpc) is 2.72. The Labute approximate surface area is 153 Å². The van der Waals surface area contributed by atoms with Crippen molar-refractivity contribution in [2.75, 3.05) is 6.54 Å². The molecule has 3 aromatic carbocycles. The lowest BCUT2D eigenvalue weighted by molar-refractivity contribution is 0.0730. The molecule has 4 rings (SSSR count). The molecule has 3 heteroatoms. The first-order valence-corrected chi connectivity index (χ1v) is 8.93. The van der Waals surface area contributed by atoms with Crippen LogP contribution in [0.25, 0.3) is 0 Å². The lowest BCUT2D eigenvalue weighted by atomic mass is 9.99. The molecule has 0 saturated heterocycles. The van der Waals surface area contributed by atoms with Gasteiger partial charge in [0, 0.05) is 13.1 Å². The number of ether oxygens (including phenoxy) is 1. The number of nitrogens with zero attached hydrogens (tertiary/aromatic N) is 1. The number of rotatable bonds is 4. The minimum absolute atomic E-state index is 0.0307. The number of carbonyl (C=O) groups is 1. The summed E-state index contributed by atoms with van der Waals surface area (Å²) in [6.45, 7) is 1.85. The minimum Gasteiger partial charge on any atom is -0.488 e. The molecule has 0 saturated carbocycles. The van der Waals surface area contributed by atoms with E-state index >= 15 is 0 Å². The van der Waals surface area contributed by atoms with E-state index in [4.69, 9.17) is 4.74 Å². The summed E-state index contributed by atoms with van der Waals surface area (Å²) in [7, 11) is 0. The molecule has 1 heterocycles. The number of para-hydroxylation sites is 1. The Morgan fingerprint density at radius 2 is 1.54 bits per heavy atom. The molecular weight excluding hydrogens is 322 g/mol. The van der Waals surface area contributed by atoms with Crippen molar-refractivity contribution in [1.29, 1.82) is 0 Å². The molecule has 0 aromatic heterocycles. The maximum atomic E-state index is 13.1. The number of carbonyl (C=O) groups excluding carboxylic acids is 1. The van der Waals surface area contributed by atoms with E-state index in [1.54, 1.807) is 0 Å². The third-order valence-corrected chi connectivity index (χ3v) is 4.77. The van der Waals surface area contributed by atoms with E-state index in [0.717, 1.165) is 18.5 Å². The SMILES string of the molecule is O=C(c1ccccc1OCc1ccccc1)N1CCc2ccccc2C1. The van der Waals surface area contributed by atoms with Crippen LogP contribution in [0.4, 0.5) is 0 Å². The quantitative estimate of drug-likeness (QED) is 0.700. The lowest BCUT2D eigenvalue weighted by Crippen LogP contribution is -2.36. The van der Waals surface area contributed by atoms with Gasteiger partial charge in [-0.05, 0) is 35.2 Å². The van der Waals surface area contributed by atoms with Crippen LogP contribution in [0.2, 0.25) is 0 Å². The summed E-state index contributed by atoms with van der Waals surface area (Å²) >= 11 is 0. The van der Waals surface area contributed by atoms with Crippen molar-refractivity contribution in [2.24, 2.45) is 0 Å². The van der Waals surface area contributed by atoms with E-state index in [-0.39, 0.29) is 5.91 Å². The first-order chi connectivity index (χ1) is 12.8. The van der Waals surface area contributed by atoms with Crippen molar-refractivity contribution in [3.63, 3.8) is 0 Å². The highest BCUT2D eigenvalue weighted by molar-refractivity contribution is 5.97. The van der Waals surface area contributed by atoms with E-state index in [1.807, 2.05) is 65.6 Å². The first kappa shape index (κ1) is 16.4. The third-order valence-electron chi connectivity index (χ3n) is 4.77.